The van der Waals surface area contributed by atoms with Gasteiger partial charge >= 0.3 is 0 Å². The molecule has 0 radical (unpaired) electrons. The lowest BCUT2D eigenvalue weighted by Gasteiger charge is -2.12. The number of benzene rings is 1. The summed E-state index contributed by atoms with van der Waals surface area (Å²) in [6, 6.07) is 6.38. The van der Waals surface area contributed by atoms with E-state index in [1.54, 1.807) is 25.1 Å². The van der Waals surface area contributed by atoms with Crippen LogP contribution in [0.25, 0.3) is 0 Å². The average molecular weight is 267 g/mol. The van der Waals surface area contributed by atoms with Crippen LogP contribution in [0.2, 0.25) is 0 Å². The first kappa shape index (κ1) is 13.3. The topological polar surface area (TPSA) is 43.4 Å². The quantitative estimate of drug-likeness (QED) is 0.770. The zero-order chi connectivity index (χ0) is 12.2. The van der Waals surface area contributed by atoms with Crippen molar-refractivity contribution in [3.63, 3.8) is 0 Å². The molecule has 0 aliphatic heterocycles. The van der Waals surface area contributed by atoms with Gasteiger partial charge in [-0.05, 0) is 13.0 Å². The van der Waals surface area contributed by atoms with Gasteiger partial charge in [-0.2, -0.15) is 0 Å². The van der Waals surface area contributed by atoms with Crippen molar-refractivity contribution in [1.82, 2.24) is 0 Å². The third-order valence-corrected chi connectivity index (χ3v) is 2.97. The molecule has 0 spiro atoms. The molecule has 0 bridgehead atoms. The molecule has 1 unspecified atom stereocenters. The summed E-state index contributed by atoms with van der Waals surface area (Å²) < 4.78 is 40.4. The van der Waals surface area contributed by atoms with Gasteiger partial charge < -0.3 is 4.74 Å². The summed E-state index contributed by atoms with van der Waals surface area (Å²) in [4.78, 5) is 0. The highest BCUT2D eigenvalue weighted by Gasteiger charge is 2.21. The van der Waals surface area contributed by atoms with Crippen molar-refractivity contribution in [1.29, 1.82) is 0 Å². The van der Waals surface area contributed by atoms with Gasteiger partial charge in [0.2, 0.25) is 9.05 Å². The maximum atomic E-state index is 13.7. The van der Waals surface area contributed by atoms with Gasteiger partial charge in [-0.1, -0.05) is 18.2 Å². The Hall–Kier alpha value is -0.810. The molecule has 16 heavy (non-hydrogen) atoms. The Bertz CT molecular complexity index is 447. The number of para-hydroxylation sites is 1. The fraction of sp³-hybridized carbons (Fsp3) is 0.400. The number of alkyl halides is 1. The van der Waals surface area contributed by atoms with E-state index in [2.05, 4.69) is 0 Å². The highest BCUT2D eigenvalue weighted by atomic mass is 35.7. The molecule has 0 aliphatic carbocycles. The second-order valence-corrected chi connectivity index (χ2v) is 5.97. The van der Waals surface area contributed by atoms with Gasteiger partial charge in [0.15, 0.2) is 0 Å². The van der Waals surface area contributed by atoms with Crippen molar-refractivity contribution in [2.75, 3.05) is 12.4 Å². The molecule has 1 rings (SSSR count). The van der Waals surface area contributed by atoms with Gasteiger partial charge in [-0.15, -0.1) is 0 Å². The molecule has 0 fully saturated rings. The first-order chi connectivity index (χ1) is 7.44. The molecule has 1 aromatic carbocycles. The standard InChI is InChI=1S/C10H12ClFO3S/c1-2-15-10-6-4-3-5-8(10)9(12)7-16(11,13)14/h3-6,9H,2,7H2,1H3. The van der Waals surface area contributed by atoms with Crippen LogP contribution in [-0.4, -0.2) is 20.8 Å². The van der Waals surface area contributed by atoms with Crippen molar-refractivity contribution >= 4 is 19.7 Å². The third-order valence-electron chi connectivity index (χ3n) is 1.90. The number of halogens is 2. The lowest BCUT2D eigenvalue weighted by atomic mass is 10.1. The van der Waals surface area contributed by atoms with E-state index in [1.807, 2.05) is 0 Å². The molecule has 90 valence electrons. The highest BCUT2D eigenvalue weighted by molar-refractivity contribution is 8.13. The molecule has 3 nitrogen and oxygen atoms in total. The van der Waals surface area contributed by atoms with Crippen molar-refractivity contribution in [2.45, 2.75) is 13.1 Å². The van der Waals surface area contributed by atoms with E-state index in [0.29, 0.717) is 12.4 Å². The Labute approximate surface area is 98.6 Å². The summed E-state index contributed by atoms with van der Waals surface area (Å²) in [5, 5.41) is 0. The Morgan fingerprint density at radius 3 is 2.62 bits per heavy atom. The Balaban J connectivity index is 2.94. The summed E-state index contributed by atoms with van der Waals surface area (Å²) >= 11 is 0. The van der Waals surface area contributed by atoms with Crippen LogP contribution >= 0.6 is 10.7 Å². The molecule has 0 saturated carbocycles. The van der Waals surface area contributed by atoms with Crippen LogP contribution in [0.4, 0.5) is 4.39 Å². The normalized spacial score (nSPS) is 13.4. The van der Waals surface area contributed by atoms with Crippen molar-refractivity contribution in [3.8, 4) is 5.75 Å². The van der Waals surface area contributed by atoms with Gasteiger partial charge in [0, 0.05) is 16.2 Å². The fourth-order valence-electron chi connectivity index (χ4n) is 1.29. The second-order valence-electron chi connectivity index (χ2n) is 3.14. The average Bonchev–Trinajstić information content (AvgIpc) is 2.16. The summed E-state index contributed by atoms with van der Waals surface area (Å²) in [7, 11) is 1.14. The van der Waals surface area contributed by atoms with Crippen LogP contribution in [-0.2, 0) is 9.05 Å². The van der Waals surface area contributed by atoms with Gasteiger partial charge in [0.25, 0.3) is 0 Å². The lowest BCUT2D eigenvalue weighted by Crippen LogP contribution is -2.07. The van der Waals surface area contributed by atoms with Crippen molar-refractivity contribution in [2.24, 2.45) is 0 Å². The molecule has 1 aromatic rings. The molecule has 0 saturated heterocycles. The minimum absolute atomic E-state index is 0.202. The van der Waals surface area contributed by atoms with E-state index in [1.165, 1.54) is 6.07 Å². The SMILES string of the molecule is CCOc1ccccc1C(F)CS(=O)(=O)Cl. The van der Waals surface area contributed by atoms with Crippen LogP contribution in [0.5, 0.6) is 5.75 Å². The third kappa shape index (κ3) is 3.98. The summed E-state index contributed by atoms with van der Waals surface area (Å²) in [6.45, 7) is 2.15. The van der Waals surface area contributed by atoms with Gasteiger partial charge in [0.05, 0.1) is 6.61 Å². The van der Waals surface area contributed by atoms with Gasteiger partial charge in [0.1, 0.15) is 17.7 Å². The number of hydrogen-bond acceptors (Lipinski definition) is 3. The van der Waals surface area contributed by atoms with Crippen molar-refractivity contribution < 1.29 is 17.5 Å². The Kier molecular flexibility index (Phi) is 4.56. The highest BCUT2D eigenvalue weighted by Crippen LogP contribution is 2.29. The Morgan fingerprint density at radius 2 is 2.06 bits per heavy atom. The van der Waals surface area contributed by atoms with Crippen LogP contribution in [0.15, 0.2) is 24.3 Å². The maximum absolute atomic E-state index is 13.7. The van der Waals surface area contributed by atoms with E-state index in [9.17, 15) is 12.8 Å². The molecule has 0 heterocycles. The predicted molar refractivity (Wildman–Crippen MR) is 61.1 cm³/mol. The van der Waals surface area contributed by atoms with E-state index >= 15 is 0 Å². The van der Waals surface area contributed by atoms with E-state index in [-0.39, 0.29) is 5.56 Å². The summed E-state index contributed by atoms with van der Waals surface area (Å²) in [6.07, 6.45) is -1.68. The maximum Gasteiger partial charge on any atom is 0.235 e. The summed E-state index contributed by atoms with van der Waals surface area (Å²) in [5.74, 6) is -0.406. The zero-order valence-corrected chi connectivity index (χ0v) is 10.3. The number of ether oxygens (including phenoxy) is 1. The molecule has 0 N–H and O–H groups in total. The lowest BCUT2D eigenvalue weighted by molar-refractivity contribution is 0.313. The van der Waals surface area contributed by atoms with Gasteiger partial charge in [-0.3, -0.25) is 0 Å². The van der Waals surface area contributed by atoms with Crippen LogP contribution in [0.3, 0.4) is 0 Å². The Morgan fingerprint density at radius 1 is 1.44 bits per heavy atom. The summed E-state index contributed by atoms with van der Waals surface area (Å²) in [5.41, 5.74) is 0.202. The first-order valence-electron chi connectivity index (χ1n) is 4.72. The van der Waals surface area contributed by atoms with Crippen LogP contribution in [0, 0.1) is 0 Å². The molecule has 0 aliphatic rings. The molecule has 0 amide bonds. The fourth-order valence-corrected chi connectivity index (χ4v) is 2.15. The minimum atomic E-state index is -3.86. The van der Waals surface area contributed by atoms with E-state index in [4.69, 9.17) is 15.4 Å². The zero-order valence-electron chi connectivity index (χ0n) is 8.69. The smallest absolute Gasteiger partial charge is 0.235 e. The minimum Gasteiger partial charge on any atom is -0.493 e. The molecule has 0 aromatic heterocycles. The molecular weight excluding hydrogens is 255 g/mol. The van der Waals surface area contributed by atoms with Crippen LogP contribution < -0.4 is 4.74 Å². The number of hydrogen-bond donors (Lipinski definition) is 0. The van der Waals surface area contributed by atoms with Crippen LogP contribution in [0.1, 0.15) is 18.7 Å². The molecular formula is C10H12ClFO3S. The van der Waals surface area contributed by atoms with E-state index < -0.39 is 21.0 Å². The van der Waals surface area contributed by atoms with Crippen molar-refractivity contribution in [3.05, 3.63) is 29.8 Å². The van der Waals surface area contributed by atoms with E-state index in [0.717, 1.165) is 0 Å². The van der Waals surface area contributed by atoms with Gasteiger partial charge in [-0.25, -0.2) is 12.8 Å². The molecule has 6 heteroatoms. The predicted octanol–water partition coefficient (Wildman–Crippen LogP) is 2.66. The second kappa shape index (κ2) is 5.50. The monoisotopic (exact) mass is 266 g/mol. The first-order valence-corrected chi connectivity index (χ1v) is 7.20. The molecule has 1 atom stereocenters. The number of rotatable bonds is 5. The largest absolute Gasteiger partial charge is 0.493 e.